The average molecular weight is 453 g/mol. The maximum atomic E-state index is 14.2. The van der Waals surface area contributed by atoms with Crippen LogP contribution in [-0.4, -0.2) is 41.1 Å². The lowest BCUT2D eigenvalue weighted by Gasteiger charge is -2.43. The molecule has 0 bridgehead atoms. The number of nitrogens with zero attached hydrogens (tertiary/aromatic N) is 1. The summed E-state index contributed by atoms with van der Waals surface area (Å²) < 4.78 is 14.2. The third kappa shape index (κ3) is 5.41. The van der Waals surface area contributed by atoms with Gasteiger partial charge < -0.3 is 10.2 Å². The first-order chi connectivity index (χ1) is 15.5. The van der Waals surface area contributed by atoms with Gasteiger partial charge in [0.15, 0.2) is 0 Å². The van der Waals surface area contributed by atoms with Crippen molar-refractivity contribution in [1.82, 2.24) is 10.2 Å². The van der Waals surface area contributed by atoms with Gasteiger partial charge in [0.2, 0.25) is 5.91 Å². The highest BCUT2D eigenvalue weighted by Gasteiger charge is 2.41. The molecule has 1 N–H and O–H groups in total. The molecular formula is C26H29FN2O2S. The number of benzene rings is 2. The standard InChI is InChI=1S/C26H29FN2O2S/c1-18-7-6-8-19(15-18)13-14-28-25(30)17-29-22-11-4-5-12-23(22)32-24(26(29)31)16-20-9-2-3-10-21(20)27/h2-3,6-10,15-16,22-23H,4-5,11-14,17H2,1H3,(H,28,30)/b24-16-. The highest BCUT2D eigenvalue weighted by Crippen LogP contribution is 2.42. The van der Waals surface area contributed by atoms with Crippen molar-refractivity contribution in [1.29, 1.82) is 0 Å². The summed E-state index contributed by atoms with van der Waals surface area (Å²) in [5.74, 6) is -0.665. The minimum absolute atomic E-state index is 0.0446. The molecule has 2 aromatic carbocycles. The molecule has 2 aliphatic rings. The van der Waals surface area contributed by atoms with Crippen molar-refractivity contribution in [3.8, 4) is 0 Å². The molecule has 1 aliphatic heterocycles. The fourth-order valence-corrected chi connectivity index (χ4v) is 5.98. The largest absolute Gasteiger partial charge is 0.354 e. The Kier molecular flexibility index (Phi) is 7.30. The number of carbonyl (C=O) groups excluding carboxylic acids is 2. The Hall–Kier alpha value is -2.60. The van der Waals surface area contributed by atoms with Crippen LogP contribution in [0.3, 0.4) is 0 Å². The number of hydrogen-bond acceptors (Lipinski definition) is 3. The molecule has 2 atom stereocenters. The van der Waals surface area contributed by atoms with Gasteiger partial charge in [0.05, 0.1) is 4.91 Å². The smallest absolute Gasteiger partial charge is 0.261 e. The number of rotatable bonds is 6. The molecule has 1 saturated carbocycles. The first-order valence-electron chi connectivity index (χ1n) is 11.3. The molecule has 4 rings (SSSR count). The zero-order valence-electron chi connectivity index (χ0n) is 18.4. The van der Waals surface area contributed by atoms with Gasteiger partial charge in [-0.2, -0.15) is 0 Å². The van der Waals surface area contributed by atoms with E-state index in [-0.39, 0.29) is 35.5 Å². The topological polar surface area (TPSA) is 49.4 Å². The highest BCUT2D eigenvalue weighted by molar-refractivity contribution is 8.04. The van der Waals surface area contributed by atoms with Crippen LogP contribution < -0.4 is 5.32 Å². The van der Waals surface area contributed by atoms with E-state index in [0.717, 1.165) is 32.1 Å². The van der Waals surface area contributed by atoms with Crippen molar-refractivity contribution < 1.29 is 14.0 Å². The van der Waals surface area contributed by atoms with E-state index in [2.05, 4.69) is 30.4 Å². The van der Waals surface area contributed by atoms with Gasteiger partial charge in [0.1, 0.15) is 12.4 Å². The van der Waals surface area contributed by atoms with E-state index >= 15 is 0 Å². The lowest BCUT2D eigenvalue weighted by molar-refractivity contribution is -0.135. The number of hydrogen-bond donors (Lipinski definition) is 1. The maximum absolute atomic E-state index is 14.2. The molecule has 1 saturated heterocycles. The van der Waals surface area contributed by atoms with Gasteiger partial charge in [0.25, 0.3) is 5.91 Å². The van der Waals surface area contributed by atoms with Crippen molar-refractivity contribution in [2.24, 2.45) is 0 Å². The summed E-state index contributed by atoms with van der Waals surface area (Å²) in [5.41, 5.74) is 2.78. The predicted octanol–water partition coefficient (Wildman–Crippen LogP) is 4.72. The molecule has 1 aliphatic carbocycles. The molecular weight excluding hydrogens is 423 g/mol. The van der Waals surface area contributed by atoms with Gasteiger partial charge in [-0.1, -0.05) is 60.9 Å². The molecule has 2 aromatic rings. The van der Waals surface area contributed by atoms with Gasteiger partial charge in [-0.3, -0.25) is 9.59 Å². The van der Waals surface area contributed by atoms with Gasteiger partial charge >= 0.3 is 0 Å². The summed E-state index contributed by atoms with van der Waals surface area (Å²) in [5, 5.41) is 3.22. The van der Waals surface area contributed by atoms with E-state index in [4.69, 9.17) is 0 Å². The molecule has 0 aromatic heterocycles. The van der Waals surface area contributed by atoms with Crippen LogP contribution in [0.1, 0.15) is 42.4 Å². The van der Waals surface area contributed by atoms with Crippen LogP contribution in [0, 0.1) is 12.7 Å². The normalized spacial score (nSPS) is 22.0. The van der Waals surface area contributed by atoms with Crippen molar-refractivity contribution in [2.75, 3.05) is 13.1 Å². The second-order valence-electron chi connectivity index (χ2n) is 8.56. The Bertz CT molecular complexity index is 1020. The number of aryl methyl sites for hydroxylation is 1. The van der Waals surface area contributed by atoms with Crippen molar-refractivity contribution in [3.63, 3.8) is 0 Å². The molecule has 168 valence electrons. The van der Waals surface area contributed by atoms with E-state index < -0.39 is 0 Å². The number of carbonyl (C=O) groups is 2. The first kappa shape index (κ1) is 22.6. The quantitative estimate of drug-likeness (QED) is 0.645. The maximum Gasteiger partial charge on any atom is 0.261 e. The van der Waals surface area contributed by atoms with E-state index in [9.17, 15) is 14.0 Å². The second kappa shape index (κ2) is 10.3. The number of thioether (sulfide) groups is 1. The Morgan fingerprint density at radius 3 is 2.81 bits per heavy atom. The molecule has 0 spiro atoms. The molecule has 32 heavy (non-hydrogen) atoms. The lowest BCUT2D eigenvalue weighted by atomic mass is 9.93. The SMILES string of the molecule is Cc1cccc(CCNC(=O)CN2C(=O)/C(=C/c3ccccc3F)SC3CCCCC32)c1. The molecule has 6 heteroatoms. The Morgan fingerprint density at radius 2 is 2.00 bits per heavy atom. The monoisotopic (exact) mass is 452 g/mol. The Morgan fingerprint density at radius 1 is 1.19 bits per heavy atom. The van der Waals surface area contributed by atoms with E-state index in [0.29, 0.717) is 17.0 Å². The van der Waals surface area contributed by atoms with Crippen LogP contribution in [-0.2, 0) is 16.0 Å². The number of halogens is 1. The number of amides is 2. The van der Waals surface area contributed by atoms with E-state index in [1.165, 1.54) is 17.2 Å². The first-order valence-corrected chi connectivity index (χ1v) is 12.2. The van der Waals surface area contributed by atoms with Crippen LogP contribution in [0.25, 0.3) is 6.08 Å². The van der Waals surface area contributed by atoms with Crippen molar-refractivity contribution in [3.05, 3.63) is 75.9 Å². The van der Waals surface area contributed by atoms with E-state index in [1.807, 2.05) is 6.07 Å². The molecule has 0 radical (unpaired) electrons. The molecule has 2 amide bonds. The fourth-order valence-electron chi connectivity index (χ4n) is 4.52. The van der Waals surface area contributed by atoms with E-state index in [1.54, 1.807) is 40.9 Å². The van der Waals surface area contributed by atoms with Crippen LogP contribution in [0.4, 0.5) is 4.39 Å². The van der Waals surface area contributed by atoms with Crippen LogP contribution >= 0.6 is 11.8 Å². The molecule has 2 unspecified atom stereocenters. The highest BCUT2D eigenvalue weighted by atomic mass is 32.2. The average Bonchev–Trinajstić information content (AvgIpc) is 2.78. The summed E-state index contributed by atoms with van der Waals surface area (Å²) in [4.78, 5) is 28.3. The van der Waals surface area contributed by atoms with Crippen LogP contribution in [0.2, 0.25) is 0 Å². The summed E-state index contributed by atoms with van der Waals surface area (Å²) >= 11 is 1.55. The molecule has 2 fully saturated rings. The van der Waals surface area contributed by atoms with Gasteiger partial charge in [0, 0.05) is 23.4 Å². The van der Waals surface area contributed by atoms with Gasteiger partial charge in [-0.05, 0) is 43.9 Å². The third-order valence-corrected chi connectivity index (χ3v) is 7.54. The summed E-state index contributed by atoms with van der Waals surface area (Å²) in [6.07, 6.45) is 6.48. The summed E-state index contributed by atoms with van der Waals surface area (Å²) in [6.45, 7) is 2.63. The zero-order valence-corrected chi connectivity index (χ0v) is 19.2. The number of fused-ring (bicyclic) bond motifs is 1. The summed E-state index contributed by atoms with van der Waals surface area (Å²) in [7, 11) is 0. The zero-order chi connectivity index (χ0) is 22.5. The molecule has 4 nitrogen and oxygen atoms in total. The Balaban J connectivity index is 1.44. The van der Waals surface area contributed by atoms with Crippen LogP contribution in [0.5, 0.6) is 0 Å². The predicted molar refractivity (Wildman–Crippen MR) is 128 cm³/mol. The van der Waals surface area contributed by atoms with Crippen LogP contribution in [0.15, 0.2) is 53.4 Å². The minimum atomic E-state index is -0.348. The summed E-state index contributed by atoms with van der Waals surface area (Å²) in [6, 6.07) is 14.8. The van der Waals surface area contributed by atoms with Crippen molar-refractivity contribution >= 4 is 29.7 Å². The van der Waals surface area contributed by atoms with Gasteiger partial charge in [-0.15, -0.1) is 11.8 Å². The second-order valence-corrected chi connectivity index (χ2v) is 9.84. The van der Waals surface area contributed by atoms with Gasteiger partial charge in [-0.25, -0.2) is 4.39 Å². The fraction of sp³-hybridized carbons (Fsp3) is 0.385. The number of nitrogens with one attached hydrogen (secondary N) is 1. The minimum Gasteiger partial charge on any atom is -0.354 e. The van der Waals surface area contributed by atoms with Crippen molar-refractivity contribution in [2.45, 2.75) is 50.3 Å². The third-order valence-electron chi connectivity index (χ3n) is 6.14. The molecule has 1 heterocycles. The lowest BCUT2D eigenvalue weighted by Crippen LogP contribution is -2.54. The Labute approximate surface area is 193 Å².